The van der Waals surface area contributed by atoms with Gasteiger partial charge in [-0.3, -0.25) is 0 Å². The minimum Gasteiger partial charge on any atom is -0.496 e. The van der Waals surface area contributed by atoms with E-state index in [0.29, 0.717) is 6.10 Å². The summed E-state index contributed by atoms with van der Waals surface area (Å²) in [5, 5.41) is 0. The van der Waals surface area contributed by atoms with E-state index in [0.717, 1.165) is 19.0 Å². The van der Waals surface area contributed by atoms with E-state index >= 15 is 0 Å². The quantitative estimate of drug-likeness (QED) is 0.422. The van der Waals surface area contributed by atoms with Gasteiger partial charge in [-0.2, -0.15) is 0 Å². The molecule has 0 aromatic carbocycles. The molecule has 0 aromatic rings. The normalized spacial score (nSPS) is 26.0. The standard InChI is InChI=1S/C7H12O2/c1-3-6(2)8-4-7-5-9-7/h3,7H,4-5H2,1-2H3. The highest BCUT2D eigenvalue weighted by molar-refractivity contribution is 4.85. The van der Waals surface area contributed by atoms with Gasteiger partial charge in [0.1, 0.15) is 12.7 Å². The highest BCUT2D eigenvalue weighted by Gasteiger charge is 2.22. The lowest BCUT2D eigenvalue weighted by Crippen LogP contribution is -1.98. The molecule has 1 heterocycles. The molecule has 0 aromatic heterocycles. The molecule has 0 radical (unpaired) electrons. The molecular formula is C7H12O2. The Kier molecular flexibility index (Phi) is 2.11. The van der Waals surface area contributed by atoms with Crippen LogP contribution in [0.15, 0.2) is 11.8 Å². The number of hydrogen-bond acceptors (Lipinski definition) is 2. The maximum atomic E-state index is 5.25. The van der Waals surface area contributed by atoms with Crippen LogP contribution in [0.5, 0.6) is 0 Å². The summed E-state index contributed by atoms with van der Waals surface area (Å²) in [6, 6.07) is 0. The van der Waals surface area contributed by atoms with Crippen LogP contribution in [0, 0.1) is 0 Å². The Hall–Kier alpha value is -0.500. The van der Waals surface area contributed by atoms with Crippen molar-refractivity contribution < 1.29 is 9.47 Å². The molecule has 1 aliphatic rings. The van der Waals surface area contributed by atoms with Gasteiger partial charge in [-0.15, -0.1) is 0 Å². The fraction of sp³-hybridized carbons (Fsp3) is 0.714. The summed E-state index contributed by atoms with van der Waals surface area (Å²) >= 11 is 0. The lowest BCUT2D eigenvalue weighted by molar-refractivity contribution is 0.184. The molecule has 0 aliphatic carbocycles. The molecular weight excluding hydrogens is 116 g/mol. The Balaban J connectivity index is 2.03. The van der Waals surface area contributed by atoms with Gasteiger partial charge in [-0.05, 0) is 13.8 Å². The minimum absolute atomic E-state index is 0.375. The van der Waals surface area contributed by atoms with Gasteiger partial charge in [0.2, 0.25) is 0 Å². The van der Waals surface area contributed by atoms with Crippen molar-refractivity contribution in [3.8, 4) is 0 Å². The van der Waals surface area contributed by atoms with Crippen molar-refractivity contribution in [3.63, 3.8) is 0 Å². The first-order valence-electron chi connectivity index (χ1n) is 3.20. The van der Waals surface area contributed by atoms with Gasteiger partial charge in [-0.1, -0.05) is 6.08 Å². The van der Waals surface area contributed by atoms with Gasteiger partial charge in [0.05, 0.1) is 12.4 Å². The van der Waals surface area contributed by atoms with Gasteiger partial charge in [0.25, 0.3) is 0 Å². The molecule has 0 spiro atoms. The fourth-order valence-corrected chi connectivity index (χ4v) is 0.472. The second-order valence-corrected chi connectivity index (χ2v) is 2.17. The van der Waals surface area contributed by atoms with E-state index in [9.17, 15) is 0 Å². The van der Waals surface area contributed by atoms with Crippen molar-refractivity contribution in [2.24, 2.45) is 0 Å². The van der Waals surface area contributed by atoms with Crippen LogP contribution in [-0.2, 0) is 9.47 Å². The molecule has 0 bridgehead atoms. The monoisotopic (exact) mass is 128 g/mol. The SMILES string of the molecule is CC=C(C)OCC1CO1. The molecule has 2 heteroatoms. The third-order valence-electron chi connectivity index (χ3n) is 1.31. The Morgan fingerprint density at radius 3 is 3.00 bits per heavy atom. The van der Waals surface area contributed by atoms with Crippen LogP contribution in [0.4, 0.5) is 0 Å². The average Bonchev–Trinajstić information content (AvgIpc) is 2.65. The van der Waals surface area contributed by atoms with Crippen LogP contribution in [0.25, 0.3) is 0 Å². The van der Waals surface area contributed by atoms with Gasteiger partial charge in [-0.25, -0.2) is 0 Å². The van der Waals surface area contributed by atoms with Crippen molar-refractivity contribution in [3.05, 3.63) is 11.8 Å². The van der Waals surface area contributed by atoms with Crippen molar-refractivity contribution >= 4 is 0 Å². The molecule has 1 atom stereocenters. The van der Waals surface area contributed by atoms with Crippen molar-refractivity contribution in [1.82, 2.24) is 0 Å². The van der Waals surface area contributed by atoms with Crippen LogP contribution in [0.2, 0.25) is 0 Å². The average molecular weight is 128 g/mol. The Morgan fingerprint density at radius 2 is 2.56 bits per heavy atom. The summed E-state index contributed by atoms with van der Waals surface area (Å²) in [6.45, 7) is 5.50. The Morgan fingerprint density at radius 1 is 1.89 bits per heavy atom. The molecule has 1 rings (SSSR count). The first-order valence-corrected chi connectivity index (χ1v) is 3.20. The molecule has 1 aliphatic heterocycles. The predicted octanol–water partition coefficient (Wildman–Crippen LogP) is 1.33. The number of allylic oxidation sites excluding steroid dienone is 2. The summed E-state index contributed by atoms with van der Waals surface area (Å²) in [7, 11) is 0. The topological polar surface area (TPSA) is 21.8 Å². The van der Waals surface area contributed by atoms with E-state index in [4.69, 9.17) is 9.47 Å². The summed E-state index contributed by atoms with van der Waals surface area (Å²) < 4.78 is 10.2. The van der Waals surface area contributed by atoms with E-state index < -0.39 is 0 Å². The zero-order chi connectivity index (χ0) is 6.69. The molecule has 1 fully saturated rings. The Labute approximate surface area is 55.5 Å². The largest absolute Gasteiger partial charge is 0.496 e. The zero-order valence-corrected chi connectivity index (χ0v) is 5.89. The van der Waals surface area contributed by atoms with E-state index in [2.05, 4.69) is 0 Å². The van der Waals surface area contributed by atoms with Gasteiger partial charge in [0.15, 0.2) is 0 Å². The molecule has 0 N–H and O–H groups in total. The van der Waals surface area contributed by atoms with E-state index in [1.54, 1.807) is 0 Å². The molecule has 1 saturated heterocycles. The highest BCUT2D eigenvalue weighted by atomic mass is 16.6. The fourth-order valence-electron chi connectivity index (χ4n) is 0.472. The number of rotatable bonds is 3. The maximum Gasteiger partial charge on any atom is 0.116 e. The molecule has 52 valence electrons. The molecule has 9 heavy (non-hydrogen) atoms. The van der Waals surface area contributed by atoms with E-state index in [-0.39, 0.29) is 0 Å². The zero-order valence-electron chi connectivity index (χ0n) is 5.89. The number of hydrogen-bond donors (Lipinski definition) is 0. The third-order valence-corrected chi connectivity index (χ3v) is 1.31. The van der Waals surface area contributed by atoms with Crippen LogP contribution in [0.1, 0.15) is 13.8 Å². The smallest absolute Gasteiger partial charge is 0.116 e. The first-order chi connectivity index (χ1) is 4.33. The maximum absolute atomic E-state index is 5.25. The summed E-state index contributed by atoms with van der Waals surface area (Å²) in [4.78, 5) is 0. The third kappa shape index (κ3) is 2.51. The Bertz CT molecular complexity index is 114. The summed E-state index contributed by atoms with van der Waals surface area (Å²) in [5.74, 6) is 0.977. The van der Waals surface area contributed by atoms with E-state index in [1.165, 1.54) is 0 Å². The molecule has 2 nitrogen and oxygen atoms in total. The summed E-state index contributed by atoms with van der Waals surface area (Å²) in [5.41, 5.74) is 0. The van der Waals surface area contributed by atoms with Crippen LogP contribution >= 0.6 is 0 Å². The lowest BCUT2D eigenvalue weighted by Gasteiger charge is -2.00. The van der Waals surface area contributed by atoms with Crippen molar-refractivity contribution in [2.45, 2.75) is 20.0 Å². The van der Waals surface area contributed by atoms with Gasteiger partial charge in [0, 0.05) is 0 Å². The lowest BCUT2D eigenvalue weighted by atomic mass is 10.5. The van der Waals surface area contributed by atoms with E-state index in [1.807, 2.05) is 19.9 Å². The first kappa shape index (κ1) is 6.62. The van der Waals surface area contributed by atoms with Gasteiger partial charge < -0.3 is 9.47 Å². The van der Waals surface area contributed by atoms with Crippen LogP contribution in [-0.4, -0.2) is 19.3 Å². The molecule has 0 saturated carbocycles. The predicted molar refractivity (Wildman–Crippen MR) is 35.1 cm³/mol. The highest BCUT2D eigenvalue weighted by Crippen LogP contribution is 2.10. The van der Waals surface area contributed by atoms with Gasteiger partial charge >= 0.3 is 0 Å². The second-order valence-electron chi connectivity index (χ2n) is 2.17. The summed E-state index contributed by atoms with van der Waals surface area (Å²) in [6.07, 6.45) is 2.32. The molecule has 0 amide bonds. The number of ether oxygens (including phenoxy) is 2. The van der Waals surface area contributed by atoms with Crippen molar-refractivity contribution in [1.29, 1.82) is 0 Å². The molecule has 1 unspecified atom stereocenters. The second kappa shape index (κ2) is 2.87. The minimum atomic E-state index is 0.375. The van der Waals surface area contributed by atoms with Crippen molar-refractivity contribution in [2.75, 3.05) is 13.2 Å². The van der Waals surface area contributed by atoms with Crippen LogP contribution in [0.3, 0.4) is 0 Å². The number of epoxide rings is 1. The van der Waals surface area contributed by atoms with Crippen LogP contribution < -0.4 is 0 Å².